The molecule has 1 fully saturated rings. The Labute approximate surface area is 124 Å². The zero-order valence-electron chi connectivity index (χ0n) is 12.2. The predicted octanol–water partition coefficient (Wildman–Crippen LogP) is 0.924. The number of pyridine rings is 1. The summed E-state index contributed by atoms with van der Waals surface area (Å²) in [5, 5.41) is 8.75. The van der Waals surface area contributed by atoms with Crippen LogP contribution >= 0.6 is 0 Å². The molecular weight excluding hydrogens is 268 g/mol. The van der Waals surface area contributed by atoms with E-state index in [9.17, 15) is 4.79 Å². The van der Waals surface area contributed by atoms with E-state index < -0.39 is 0 Å². The fourth-order valence-corrected chi connectivity index (χ4v) is 1.86. The van der Waals surface area contributed by atoms with Gasteiger partial charge in [0.15, 0.2) is 0 Å². The number of aliphatic hydroxyl groups is 1. The molecule has 0 bridgehead atoms. The number of hydrogen-bond acceptors (Lipinski definition) is 4. The molecule has 0 aromatic carbocycles. The van der Waals surface area contributed by atoms with Crippen LogP contribution in [-0.2, 0) is 4.74 Å². The van der Waals surface area contributed by atoms with Crippen LogP contribution in [0.2, 0.25) is 0 Å². The summed E-state index contributed by atoms with van der Waals surface area (Å²) in [5.41, 5.74) is 1.03. The molecule has 1 aliphatic carbocycles. The number of ether oxygens (including phenoxy) is 1. The van der Waals surface area contributed by atoms with E-state index in [1.807, 2.05) is 0 Å². The van der Waals surface area contributed by atoms with E-state index in [1.165, 1.54) is 19.0 Å². The fraction of sp³-hybridized carbons (Fsp3) is 0.500. The molecule has 1 aromatic heterocycles. The highest BCUT2D eigenvalue weighted by Gasteiger charge is 2.21. The van der Waals surface area contributed by atoms with Crippen molar-refractivity contribution in [3.8, 4) is 11.8 Å². The van der Waals surface area contributed by atoms with Gasteiger partial charge in [0, 0.05) is 32.6 Å². The van der Waals surface area contributed by atoms with Crippen LogP contribution in [-0.4, -0.2) is 54.3 Å². The van der Waals surface area contributed by atoms with Gasteiger partial charge >= 0.3 is 0 Å². The Morgan fingerprint density at radius 3 is 3.10 bits per heavy atom. The summed E-state index contributed by atoms with van der Waals surface area (Å²) in [6.45, 7) is 1.64. The lowest BCUT2D eigenvalue weighted by molar-refractivity contribution is 0.0680. The Hall–Kier alpha value is -1.90. The first kappa shape index (κ1) is 15.5. The Bertz CT molecular complexity index is 544. The average molecular weight is 288 g/mol. The minimum atomic E-state index is -0.243. The zero-order valence-corrected chi connectivity index (χ0v) is 12.2. The summed E-state index contributed by atoms with van der Waals surface area (Å²) in [7, 11) is 1.74. The molecule has 1 aliphatic rings. The van der Waals surface area contributed by atoms with Crippen molar-refractivity contribution in [1.82, 2.24) is 9.88 Å². The number of aliphatic hydroxyl groups excluding tert-OH is 1. The Balaban J connectivity index is 1.91. The first-order valence-corrected chi connectivity index (χ1v) is 7.09. The van der Waals surface area contributed by atoms with Crippen LogP contribution in [0.25, 0.3) is 0 Å². The van der Waals surface area contributed by atoms with Gasteiger partial charge in [-0.25, -0.2) is 0 Å². The lowest BCUT2D eigenvalue weighted by atomic mass is 10.1. The summed E-state index contributed by atoms with van der Waals surface area (Å²) < 4.78 is 5.54. The van der Waals surface area contributed by atoms with Crippen LogP contribution in [0.5, 0.6) is 0 Å². The second-order valence-electron chi connectivity index (χ2n) is 5.13. The fourth-order valence-electron chi connectivity index (χ4n) is 1.86. The van der Waals surface area contributed by atoms with Crippen molar-refractivity contribution in [2.75, 3.05) is 33.4 Å². The van der Waals surface area contributed by atoms with Crippen LogP contribution in [0.4, 0.5) is 0 Å². The summed E-state index contributed by atoms with van der Waals surface area (Å²) in [5.74, 6) is 5.90. The highest BCUT2D eigenvalue weighted by Crippen LogP contribution is 2.28. The van der Waals surface area contributed by atoms with Crippen molar-refractivity contribution in [3.05, 3.63) is 29.6 Å². The minimum Gasteiger partial charge on any atom is -0.384 e. The minimum absolute atomic E-state index is 0.116. The van der Waals surface area contributed by atoms with Crippen LogP contribution in [0.15, 0.2) is 18.5 Å². The van der Waals surface area contributed by atoms with Crippen molar-refractivity contribution in [3.63, 3.8) is 0 Å². The number of likely N-dealkylation sites (N-methyl/N-ethyl adjacent to an activating group) is 1. The molecule has 2 rings (SSSR count). The molecule has 0 saturated heterocycles. The molecule has 21 heavy (non-hydrogen) atoms. The molecule has 1 N–H and O–H groups in total. The standard InChI is InChI=1S/C16H20N2O3/c1-18(8-10-21-12-13-4-5-13)16(20)15-6-7-17-11-14(15)3-2-9-19/h6-7,11,13,19H,4-5,8-10,12H2,1H3. The molecule has 1 saturated carbocycles. The molecule has 0 atom stereocenters. The van der Waals surface area contributed by atoms with E-state index in [0.29, 0.717) is 24.3 Å². The second kappa shape index (κ2) is 7.77. The van der Waals surface area contributed by atoms with Crippen molar-refractivity contribution in [2.24, 2.45) is 5.92 Å². The Morgan fingerprint density at radius 1 is 1.57 bits per heavy atom. The van der Waals surface area contributed by atoms with Gasteiger partial charge in [0.1, 0.15) is 6.61 Å². The SMILES string of the molecule is CN(CCOCC1CC1)C(=O)c1ccncc1C#CCO. The van der Waals surface area contributed by atoms with Crippen molar-refractivity contribution in [1.29, 1.82) is 0 Å². The number of amides is 1. The third-order valence-electron chi connectivity index (χ3n) is 3.32. The predicted molar refractivity (Wildman–Crippen MR) is 78.7 cm³/mol. The van der Waals surface area contributed by atoms with Gasteiger partial charge in [0.2, 0.25) is 0 Å². The molecule has 0 spiro atoms. The maximum absolute atomic E-state index is 12.4. The smallest absolute Gasteiger partial charge is 0.255 e. The maximum atomic E-state index is 12.4. The Kier molecular flexibility index (Phi) is 5.73. The number of aromatic nitrogens is 1. The summed E-state index contributed by atoms with van der Waals surface area (Å²) in [6, 6.07) is 1.64. The van der Waals surface area contributed by atoms with Crippen LogP contribution in [0, 0.1) is 17.8 Å². The number of rotatable bonds is 6. The van der Waals surface area contributed by atoms with Gasteiger partial charge in [-0.15, -0.1) is 0 Å². The van der Waals surface area contributed by atoms with Gasteiger partial charge in [0.25, 0.3) is 5.91 Å². The Morgan fingerprint density at radius 2 is 2.38 bits per heavy atom. The van der Waals surface area contributed by atoms with Gasteiger partial charge in [-0.1, -0.05) is 11.8 Å². The molecular formula is C16H20N2O3. The lowest BCUT2D eigenvalue weighted by Gasteiger charge is -2.17. The van der Waals surface area contributed by atoms with Gasteiger partial charge in [-0.2, -0.15) is 0 Å². The number of hydrogen-bond donors (Lipinski definition) is 1. The van der Waals surface area contributed by atoms with Gasteiger partial charge in [-0.3, -0.25) is 9.78 Å². The molecule has 0 aliphatic heterocycles. The van der Waals surface area contributed by atoms with Gasteiger partial charge in [0.05, 0.1) is 17.7 Å². The van der Waals surface area contributed by atoms with E-state index in [4.69, 9.17) is 9.84 Å². The number of nitrogens with zero attached hydrogens (tertiary/aromatic N) is 2. The molecule has 1 amide bonds. The van der Waals surface area contributed by atoms with Crippen molar-refractivity contribution in [2.45, 2.75) is 12.8 Å². The zero-order chi connectivity index (χ0) is 15.1. The van der Waals surface area contributed by atoms with Crippen molar-refractivity contribution >= 4 is 5.91 Å². The topological polar surface area (TPSA) is 62.7 Å². The molecule has 112 valence electrons. The van der Waals surface area contributed by atoms with Gasteiger partial charge < -0.3 is 14.7 Å². The van der Waals surface area contributed by atoms with Crippen LogP contribution < -0.4 is 0 Å². The van der Waals surface area contributed by atoms with E-state index in [-0.39, 0.29) is 12.5 Å². The lowest BCUT2D eigenvalue weighted by Crippen LogP contribution is -2.31. The quantitative estimate of drug-likeness (QED) is 0.624. The molecule has 1 aromatic rings. The summed E-state index contributed by atoms with van der Waals surface area (Å²) in [6.07, 6.45) is 5.62. The van der Waals surface area contributed by atoms with E-state index >= 15 is 0 Å². The summed E-state index contributed by atoms with van der Waals surface area (Å²) >= 11 is 0. The highest BCUT2D eigenvalue weighted by atomic mass is 16.5. The van der Waals surface area contributed by atoms with Crippen LogP contribution in [0.3, 0.4) is 0 Å². The number of carbonyl (C=O) groups excluding carboxylic acids is 1. The van der Waals surface area contributed by atoms with E-state index in [0.717, 1.165) is 12.5 Å². The first-order valence-electron chi connectivity index (χ1n) is 7.09. The second-order valence-corrected chi connectivity index (χ2v) is 5.13. The van der Waals surface area contributed by atoms with E-state index in [2.05, 4.69) is 16.8 Å². The third kappa shape index (κ3) is 4.85. The highest BCUT2D eigenvalue weighted by molar-refractivity contribution is 5.96. The molecule has 1 heterocycles. The maximum Gasteiger partial charge on any atom is 0.255 e. The first-order chi connectivity index (χ1) is 10.2. The number of carbonyl (C=O) groups is 1. The molecule has 0 radical (unpaired) electrons. The third-order valence-corrected chi connectivity index (χ3v) is 3.32. The average Bonchev–Trinajstić information content (AvgIpc) is 3.33. The molecule has 0 unspecified atom stereocenters. The largest absolute Gasteiger partial charge is 0.384 e. The monoisotopic (exact) mass is 288 g/mol. The normalized spacial score (nSPS) is 13.4. The van der Waals surface area contributed by atoms with Crippen molar-refractivity contribution < 1.29 is 14.6 Å². The van der Waals surface area contributed by atoms with Crippen LogP contribution in [0.1, 0.15) is 28.8 Å². The van der Waals surface area contributed by atoms with Gasteiger partial charge in [-0.05, 0) is 24.8 Å². The van der Waals surface area contributed by atoms with E-state index in [1.54, 1.807) is 24.2 Å². The molecule has 5 heteroatoms. The molecule has 5 nitrogen and oxygen atoms in total. The summed E-state index contributed by atoms with van der Waals surface area (Å²) in [4.78, 5) is 18.0.